The maximum absolute atomic E-state index is 12.6. The van der Waals surface area contributed by atoms with Crippen LogP contribution >= 0.6 is 11.8 Å². The molecule has 0 radical (unpaired) electrons. The summed E-state index contributed by atoms with van der Waals surface area (Å²) >= 11 is 1.35. The van der Waals surface area contributed by atoms with Gasteiger partial charge >= 0.3 is 5.69 Å². The number of hydrogen-bond acceptors (Lipinski definition) is 6. The molecule has 9 heteroatoms. The molecule has 26 heavy (non-hydrogen) atoms. The Bertz CT molecular complexity index is 816. The topological polar surface area (TPSA) is 85.9 Å². The highest BCUT2D eigenvalue weighted by atomic mass is 32.2. The van der Waals surface area contributed by atoms with Crippen LogP contribution in [0.1, 0.15) is 44.5 Å². The van der Waals surface area contributed by atoms with Gasteiger partial charge < -0.3 is 4.90 Å². The molecule has 0 saturated carbocycles. The first kappa shape index (κ1) is 18.6. The van der Waals surface area contributed by atoms with Gasteiger partial charge in [-0.15, -0.1) is 0 Å². The summed E-state index contributed by atoms with van der Waals surface area (Å²) in [5.74, 6) is 1.25. The Morgan fingerprint density at radius 3 is 2.77 bits per heavy atom. The molecular formula is C17H24N6O2S. The van der Waals surface area contributed by atoms with Crippen LogP contribution in [0.15, 0.2) is 28.4 Å². The number of carbonyl (C=O) groups is 1. The van der Waals surface area contributed by atoms with Crippen molar-refractivity contribution < 1.29 is 4.79 Å². The second-order valence-electron chi connectivity index (χ2n) is 6.73. The van der Waals surface area contributed by atoms with Crippen molar-refractivity contribution in [2.24, 2.45) is 7.05 Å². The quantitative estimate of drug-likeness (QED) is 0.580. The molecule has 3 rings (SSSR count). The van der Waals surface area contributed by atoms with E-state index in [-0.39, 0.29) is 23.6 Å². The van der Waals surface area contributed by atoms with E-state index in [1.807, 2.05) is 18.7 Å². The van der Waals surface area contributed by atoms with E-state index in [2.05, 4.69) is 15.1 Å². The van der Waals surface area contributed by atoms with Crippen molar-refractivity contribution in [2.45, 2.75) is 43.8 Å². The van der Waals surface area contributed by atoms with Crippen LogP contribution in [0.4, 0.5) is 0 Å². The Hall–Kier alpha value is -2.16. The predicted octanol–water partition coefficient (Wildman–Crippen LogP) is 1.45. The van der Waals surface area contributed by atoms with Gasteiger partial charge in [0.25, 0.3) is 0 Å². The fraction of sp³-hybridized carbons (Fsp3) is 0.588. The number of hydrogen-bond donors (Lipinski definition) is 0. The van der Waals surface area contributed by atoms with Crippen LogP contribution < -0.4 is 5.69 Å². The standard InChI is InChI=1S/C17H24N6O2S/c1-12(2)23-15(20-21(3)17(23)25)13-6-4-9-22(10-13)14(24)11-26-16-18-7-5-8-19-16/h5,7-8,12-13H,4,6,9-11H2,1-3H3. The number of nitrogens with zero attached hydrogens (tertiary/aromatic N) is 6. The van der Waals surface area contributed by atoms with Gasteiger partial charge in [0, 0.05) is 44.5 Å². The Morgan fingerprint density at radius 1 is 1.35 bits per heavy atom. The number of thioether (sulfide) groups is 1. The smallest absolute Gasteiger partial charge is 0.341 e. The van der Waals surface area contributed by atoms with Crippen LogP contribution in [0, 0.1) is 0 Å². The van der Waals surface area contributed by atoms with Gasteiger partial charge in [0.2, 0.25) is 5.91 Å². The molecule has 1 fully saturated rings. The lowest BCUT2D eigenvalue weighted by atomic mass is 9.97. The summed E-state index contributed by atoms with van der Waals surface area (Å²) in [6.45, 7) is 5.30. The molecule has 0 spiro atoms. The lowest BCUT2D eigenvalue weighted by Crippen LogP contribution is -2.41. The third kappa shape index (κ3) is 3.98. The average molecular weight is 376 g/mol. The third-order valence-corrected chi connectivity index (χ3v) is 5.36. The minimum Gasteiger partial charge on any atom is -0.341 e. The summed E-state index contributed by atoms with van der Waals surface area (Å²) in [5.41, 5.74) is -0.102. The number of likely N-dealkylation sites (tertiary alicyclic amines) is 1. The van der Waals surface area contributed by atoms with E-state index in [4.69, 9.17) is 0 Å². The molecule has 0 N–H and O–H groups in total. The Labute approximate surface area is 156 Å². The normalized spacial score (nSPS) is 17.7. The highest BCUT2D eigenvalue weighted by Crippen LogP contribution is 2.27. The average Bonchev–Trinajstić information content (AvgIpc) is 2.96. The summed E-state index contributed by atoms with van der Waals surface area (Å²) in [4.78, 5) is 35.0. The number of aryl methyl sites for hydroxylation is 1. The zero-order chi connectivity index (χ0) is 18.7. The highest BCUT2D eigenvalue weighted by Gasteiger charge is 2.29. The zero-order valence-corrected chi connectivity index (χ0v) is 16.1. The summed E-state index contributed by atoms with van der Waals surface area (Å²) in [6.07, 6.45) is 5.18. The van der Waals surface area contributed by atoms with Crippen LogP contribution in [0.2, 0.25) is 0 Å². The molecule has 0 bridgehead atoms. The van der Waals surface area contributed by atoms with Crippen LogP contribution in [-0.2, 0) is 11.8 Å². The number of aromatic nitrogens is 5. The maximum Gasteiger partial charge on any atom is 0.345 e. The summed E-state index contributed by atoms with van der Waals surface area (Å²) in [6, 6.07) is 1.80. The van der Waals surface area contributed by atoms with Gasteiger partial charge in [0.05, 0.1) is 5.75 Å². The van der Waals surface area contributed by atoms with E-state index in [0.29, 0.717) is 17.5 Å². The third-order valence-electron chi connectivity index (χ3n) is 4.50. The monoisotopic (exact) mass is 376 g/mol. The lowest BCUT2D eigenvalue weighted by Gasteiger charge is -2.32. The predicted molar refractivity (Wildman–Crippen MR) is 99.2 cm³/mol. The Kier molecular flexibility index (Phi) is 5.75. The van der Waals surface area contributed by atoms with Gasteiger partial charge in [-0.1, -0.05) is 11.8 Å². The van der Waals surface area contributed by atoms with Gasteiger partial charge in [0.15, 0.2) is 5.16 Å². The highest BCUT2D eigenvalue weighted by molar-refractivity contribution is 7.99. The zero-order valence-electron chi connectivity index (χ0n) is 15.3. The molecule has 3 heterocycles. The number of amides is 1. The van der Waals surface area contributed by atoms with E-state index in [0.717, 1.165) is 25.2 Å². The minimum absolute atomic E-state index is 0.0445. The van der Waals surface area contributed by atoms with Crippen molar-refractivity contribution in [3.63, 3.8) is 0 Å². The lowest BCUT2D eigenvalue weighted by molar-refractivity contribution is -0.129. The molecule has 0 aromatic carbocycles. The second kappa shape index (κ2) is 8.03. The van der Waals surface area contributed by atoms with Crippen molar-refractivity contribution in [3.8, 4) is 0 Å². The number of rotatable bonds is 5. The molecule has 1 aliphatic heterocycles. The first-order valence-corrected chi connectivity index (χ1v) is 9.79. The molecule has 8 nitrogen and oxygen atoms in total. The van der Waals surface area contributed by atoms with Crippen molar-refractivity contribution in [2.75, 3.05) is 18.8 Å². The van der Waals surface area contributed by atoms with Gasteiger partial charge in [-0.3, -0.25) is 9.36 Å². The molecule has 1 aliphatic rings. The van der Waals surface area contributed by atoms with E-state index in [1.54, 1.807) is 30.1 Å². The minimum atomic E-state index is -0.102. The molecule has 1 amide bonds. The largest absolute Gasteiger partial charge is 0.345 e. The molecule has 2 aromatic rings. The number of piperidine rings is 1. The molecule has 140 valence electrons. The Morgan fingerprint density at radius 2 is 2.08 bits per heavy atom. The summed E-state index contributed by atoms with van der Waals surface area (Å²) in [7, 11) is 1.67. The van der Waals surface area contributed by atoms with Crippen molar-refractivity contribution in [1.82, 2.24) is 29.2 Å². The maximum atomic E-state index is 12.6. The van der Waals surface area contributed by atoms with Gasteiger partial charge in [0.1, 0.15) is 5.82 Å². The summed E-state index contributed by atoms with van der Waals surface area (Å²) < 4.78 is 3.13. The molecule has 1 atom stereocenters. The fourth-order valence-corrected chi connectivity index (χ4v) is 3.96. The van der Waals surface area contributed by atoms with E-state index >= 15 is 0 Å². The SMILES string of the molecule is CC(C)n1c(C2CCCN(C(=O)CSc3ncccn3)C2)nn(C)c1=O. The van der Waals surface area contributed by atoms with Crippen molar-refractivity contribution in [3.05, 3.63) is 34.8 Å². The second-order valence-corrected chi connectivity index (χ2v) is 7.67. The Balaban J connectivity index is 1.69. The molecular weight excluding hydrogens is 352 g/mol. The van der Waals surface area contributed by atoms with Crippen LogP contribution in [-0.4, -0.2) is 54.0 Å². The van der Waals surface area contributed by atoms with Gasteiger partial charge in [-0.2, -0.15) is 5.10 Å². The molecule has 0 aliphatic carbocycles. The van der Waals surface area contributed by atoms with Gasteiger partial charge in [-0.25, -0.2) is 19.4 Å². The van der Waals surface area contributed by atoms with Crippen LogP contribution in [0.3, 0.4) is 0 Å². The van der Waals surface area contributed by atoms with Crippen LogP contribution in [0.5, 0.6) is 0 Å². The molecule has 2 aromatic heterocycles. The van der Waals surface area contributed by atoms with E-state index < -0.39 is 0 Å². The molecule has 1 saturated heterocycles. The van der Waals surface area contributed by atoms with E-state index in [1.165, 1.54) is 16.4 Å². The van der Waals surface area contributed by atoms with E-state index in [9.17, 15) is 9.59 Å². The van der Waals surface area contributed by atoms with Crippen molar-refractivity contribution in [1.29, 1.82) is 0 Å². The van der Waals surface area contributed by atoms with Gasteiger partial charge in [-0.05, 0) is 32.8 Å². The van der Waals surface area contributed by atoms with Crippen LogP contribution in [0.25, 0.3) is 0 Å². The first-order valence-electron chi connectivity index (χ1n) is 8.80. The number of carbonyl (C=O) groups excluding carboxylic acids is 1. The first-order chi connectivity index (χ1) is 12.5. The fourth-order valence-electron chi connectivity index (χ4n) is 3.25. The summed E-state index contributed by atoms with van der Waals surface area (Å²) in [5, 5.41) is 5.05. The van der Waals surface area contributed by atoms with Crippen molar-refractivity contribution >= 4 is 17.7 Å². The molecule has 1 unspecified atom stereocenters.